The Morgan fingerprint density at radius 3 is 1.00 bits per heavy atom. The third-order valence-electron chi connectivity index (χ3n) is 0.0556. The fraction of sp³-hybridized carbons (Fsp3) is 0. The first-order chi connectivity index (χ1) is 1.91. The van der Waals surface area contributed by atoms with Gasteiger partial charge in [-0.15, -0.1) is 0 Å². The number of aldehydes is 2. The standard InChI is InChI=1S/C2H2O2.2Na.2H/c3-1-2-4;;;;/h1-2H;;;;. The van der Waals surface area contributed by atoms with Crippen LogP contribution in [-0.4, -0.2) is 71.7 Å². The second-order valence-electron chi connectivity index (χ2n) is 0.272. The molecular formula is C2H4Na2O2. The molecule has 0 aliphatic heterocycles. The van der Waals surface area contributed by atoms with E-state index in [4.69, 9.17) is 9.59 Å². The van der Waals surface area contributed by atoms with E-state index >= 15 is 0 Å². The topological polar surface area (TPSA) is 34.1 Å². The Morgan fingerprint density at radius 1 is 0.833 bits per heavy atom. The molecule has 0 spiro atoms. The Kier molecular flexibility index (Phi) is 42.3. The minimum atomic E-state index is 0. The van der Waals surface area contributed by atoms with Gasteiger partial charge in [-0.1, -0.05) is 0 Å². The Morgan fingerprint density at radius 2 is 1.00 bits per heavy atom. The molecule has 2 nitrogen and oxygen atoms in total. The third kappa shape index (κ3) is 18.4. The maximum atomic E-state index is 8.81. The van der Waals surface area contributed by atoms with Crippen molar-refractivity contribution in [3.05, 3.63) is 0 Å². The fourth-order valence-corrected chi connectivity index (χ4v) is 0. The van der Waals surface area contributed by atoms with E-state index < -0.39 is 0 Å². The average molecular weight is 106 g/mol. The molecule has 0 aliphatic rings. The van der Waals surface area contributed by atoms with E-state index in [0.29, 0.717) is 0 Å². The summed E-state index contributed by atoms with van der Waals surface area (Å²) in [4.78, 5) is 17.6. The Hall–Kier alpha value is 1.34. The molecule has 26 valence electrons. The predicted molar refractivity (Wildman–Crippen MR) is 26.4 cm³/mol. The van der Waals surface area contributed by atoms with Gasteiger partial charge in [-0.3, -0.25) is 9.59 Å². The van der Waals surface area contributed by atoms with Gasteiger partial charge >= 0.3 is 59.1 Å². The summed E-state index contributed by atoms with van der Waals surface area (Å²) >= 11 is 0. The molecule has 0 aromatic rings. The van der Waals surface area contributed by atoms with Crippen LogP contribution in [0.15, 0.2) is 0 Å². The molecule has 6 heavy (non-hydrogen) atoms. The van der Waals surface area contributed by atoms with Crippen LogP contribution in [0.5, 0.6) is 0 Å². The van der Waals surface area contributed by atoms with Gasteiger partial charge in [0.25, 0.3) is 0 Å². The first kappa shape index (κ1) is 15.7. The van der Waals surface area contributed by atoms with Crippen molar-refractivity contribution in [1.29, 1.82) is 0 Å². The van der Waals surface area contributed by atoms with Gasteiger partial charge in [-0.25, -0.2) is 0 Å². The molecule has 0 aromatic carbocycles. The van der Waals surface area contributed by atoms with Crippen molar-refractivity contribution in [3.8, 4) is 0 Å². The minimum absolute atomic E-state index is 0. The monoisotopic (exact) mass is 106 g/mol. The van der Waals surface area contributed by atoms with Gasteiger partial charge in [-0.05, 0) is 0 Å². The second kappa shape index (κ2) is 16.2. The molecule has 0 atom stereocenters. The van der Waals surface area contributed by atoms with E-state index in [1.54, 1.807) is 0 Å². The summed E-state index contributed by atoms with van der Waals surface area (Å²) in [6, 6.07) is 0. The van der Waals surface area contributed by atoms with Crippen LogP contribution in [-0.2, 0) is 9.59 Å². The van der Waals surface area contributed by atoms with Crippen LogP contribution < -0.4 is 0 Å². The number of carbonyl (C=O) groups excluding carboxylic acids is 2. The van der Waals surface area contributed by atoms with E-state index in [0.717, 1.165) is 0 Å². The zero-order chi connectivity index (χ0) is 3.41. The third-order valence-corrected chi connectivity index (χ3v) is 0.0556. The van der Waals surface area contributed by atoms with Crippen LogP contribution in [0.2, 0.25) is 0 Å². The van der Waals surface area contributed by atoms with Crippen LogP contribution in [0, 0.1) is 0 Å². The van der Waals surface area contributed by atoms with E-state index in [1.165, 1.54) is 0 Å². The van der Waals surface area contributed by atoms with Gasteiger partial charge in [0.05, 0.1) is 0 Å². The number of carbonyl (C=O) groups is 2. The molecule has 0 radical (unpaired) electrons. The van der Waals surface area contributed by atoms with Crippen LogP contribution in [0.1, 0.15) is 0 Å². The number of hydrogen-bond donors (Lipinski definition) is 0. The quantitative estimate of drug-likeness (QED) is 0.222. The van der Waals surface area contributed by atoms with Gasteiger partial charge in [0.2, 0.25) is 0 Å². The van der Waals surface area contributed by atoms with Crippen molar-refractivity contribution in [3.63, 3.8) is 0 Å². The Balaban J connectivity index is -0.0000000450. The first-order valence-electron chi connectivity index (χ1n) is 0.805. The summed E-state index contributed by atoms with van der Waals surface area (Å²) in [5.41, 5.74) is 0. The first-order valence-corrected chi connectivity index (χ1v) is 0.805. The Labute approximate surface area is 80.3 Å². The summed E-state index contributed by atoms with van der Waals surface area (Å²) in [6.07, 6.45) is 0.389. The zero-order valence-corrected chi connectivity index (χ0v) is 1.97. The van der Waals surface area contributed by atoms with Crippen molar-refractivity contribution < 1.29 is 9.59 Å². The molecule has 0 rings (SSSR count). The van der Waals surface area contributed by atoms with Gasteiger partial charge < -0.3 is 0 Å². The van der Waals surface area contributed by atoms with E-state index in [1.807, 2.05) is 0 Å². The van der Waals surface area contributed by atoms with Gasteiger partial charge in [0.15, 0.2) is 12.6 Å². The average Bonchev–Trinajstić information content (AvgIpc) is 1.37. The number of rotatable bonds is 1. The summed E-state index contributed by atoms with van der Waals surface area (Å²) in [5, 5.41) is 0. The van der Waals surface area contributed by atoms with Crippen LogP contribution in [0.25, 0.3) is 0 Å². The van der Waals surface area contributed by atoms with E-state index in [-0.39, 0.29) is 71.7 Å². The van der Waals surface area contributed by atoms with Crippen molar-refractivity contribution in [2.24, 2.45) is 0 Å². The van der Waals surface area contributed by atoms with Crippen LogP contribution >= 0.6 is 0 Å². The molecule has 0 saturated carbocycles. The van der Waals surface area contributed by atoms with Crippen molar-refractivity contribution in [1.82, 2.24) is 0 Å². The SMILES string of the molecule is O=CC=O.[NaH].[NaH]. The summed E-state index contributed by atoms with van der Waals surface area (Å²) < 4.78 is 0. The molecular weight excluding hydrogens is 102 g/mol. The molecule has 0 bridgehead atoms. The molecule has 0 aromatic heterocycles. The molecule has 0 saturated heterocycles. The van der Waals surface area contributed by atoms with E-state index in [2.05, 4.69) is 0 Å². The van der Waals surface area contributed by atoms with Gasteiger partial charge in [-0.2, -0.15) is 0 Å². The summed E-state index contributed by atoms with van der Waals surface area (Å²) in [5.74, 6) is 0. The normalized spacial score (nSPS) is 3.33. The molecule has 0 amide bonds. The van der Waals surface area contributed by atoms with Crippen LogP contribution in [0.4, 0.5) is 0 Å². The summed E-state index contributed by atoms with van der Waals surface area (Å²) in [7, 11) is 0. The van der Waals surface area contributed by atoms with Crippen molar-refractivity contribution in [2.75, 3.05) is 0 Å². The van der Waals surface area contributed by atoms with Crippen molar-refractivity contribution >= 4 is 71.7 Å². The Bertz CT molecular complexity index is 30.5. The maximum absolute atomic E-state index is 8.81. The van der Waals surface area contributed by atoms with E-state index in [9.17, 15) is 0 Å². The second-order valence-corrected chi connectivity index (χ2v) is 0.272. The zero-order valence-electron chi connectivity index (χ0n) is 1.97. The van der Waals surface area contributed by atoms with Gasteiger partial charge in [0, 0.05) is 0 Å². The van der Waals surface area contributed by atoms with Crippen LogP contribution in [0.3, 0.4) is 0 Å². The van der Waals surface area contributed by atoms with Crippen molar-refractivity contribution in [2.45, 2.75) is 0 Å². The molecule has 0 fully saturated rings. The molecule has 0 unspecified atom stereocenters. The van der Waals surface area contributed by atoms with Gasteiger partial charge in [0.1, 0.15) is 0 Å². The molecule has 0 heterocycles. The summed E-state index contributed by atoms with van der Waals surface area (Å²) in [6.45, 7) is 0. The molecule has 0 N–H and O–H groups in total. The molecule has 4 heteroatoms. The number of hydrogen-bond acceptors (Lipinski definition) is 2. The fourth-order valence-electron chi connectivity index (χ4n) is 0. The molecule has 0 aliphatic carbocycles. The predicted octanol–water partition coefficient (Wildman–Crippen LogP) is -1.91.